The third kappa shape index (κ3) is 21.8. The number of nitrogens with one attached hydrogen (secondary N) is 10. The van der Waals surface area contributed by atoms with E-state index >= 15 is 33.2 Å². The molecule has 11 rings (SSSR count). The molecule has 110 heavy (non-hydrogen) atoms. The van der Waals surface area contributed by atoms with Gasteiger partial charge in [0.25, 0.3) is 0 Å². The topological polar surface area (TPSA) is 378 Å². The van der Waals surface area contributed by atoms with E-state index in [9.17, 15) is 33.9 Å². The normalized spacial score (nSPS) is 25.0. The van der Waals surface area contributed by atoms with E-state index in [0.717, 1.165) is 29.0 Å². The highest BCUT2D eigenvalue weighted by Crippen LogP contribution is 2.32. The molecule has 4 aromatic carbocycles. The number of nitrogens with zero attached hydrogens (tertiary/aromatic N) is 4. The van der Waals surface area contributed by atoms with Crippen LogP contribution in [0.15, 0.2) is 97.2 Å². The highest BCUT2D eigenvalue weighted by Gasteiger charge is 2.50. The number of rotatable bonds is 12. The van der Waals surface area contributed by atoms with Gasteiger partial charge < -0.3 is 87.0 Å². The fraction of sp³-hybridized carbons (Fsp3) is 0.525. The van der Waals surface area contributed by atoms with Gasteiger partial charge in [-0.2, -0.15) is 0 Å². The number of aryl methyl sites for hydroxylation is 1. The molecule has 2 fully saturated rings. The van der Waals surface area contributed by atoms with E-state index in [1.54, 1.807) is 72.6 Å². The molecule has 12 amide bonds. The van der Waals surface area contributed by atoms with Crippen LogP contribution in [-0.2, 0) is 108 Å². The number of aliphatic hydroxyl groups excluding tert-OH is 1. The summed E-state index contributed by atoms with van der Waals surface area (Å²) in [5.41, 5.74) is 2.76. The molecule has 0 radical (unpaired) electrons. The number of halogens is 1. The molecule has 1 aromatic heterocycles. The predicted octanol–water partition coefficient (Wildman–Crippen LogP) is 2.07. The molecule has 29 nitrogen and oxygen atoms in total. The molecule has 6 aliphatic rings. The van der Waals surface area contributed by atoms with Gasteiger partial charge in [0.2, 0.25) is 70.9 Å². The minimum Gasteiger partial charge on any atom is -0.497 e. The second kappa shape index (κ2) is 38.8. The maximum atomic E-state index is 16.2. The van der Waals surface area contributed by atoms with Crippen LogP contribution < -0.4 is 57.9 Å². The maximum Gasteiger partial charge on any atom is 0.246 e. The third-order valence-corrected chi connectivity index (χ3v) is 21.3. The molecule has 2 saturated heterocycles. The summed E-state index contributed by atoms with van der Waals surface area (Å²) in [5.74, 6) is -9.02. The van der Waals surface area contributed by atoms with Crippen molar-refractivity contribution >= 4 is 81.8 Å². The Bertz CT molecular complexity index is 4140. The van der Waals surface area contributed by atoms with Gasteiger partial charge in [-0.1, -0.05) is 79.9 Å². The number of amides is 12. The highest BCUT2D eigenvalue weighted by atomic mass is 19.1. The Balaban J connectivity index is 1.08. The molecule has 7 heterocycles. The number of aromatic nitrogens is 1. The monoisotopic (exact) mass is 1520 g/mol. The SMILES string of the molecule is CNCCCCCC(=O)NC[C@H]1NC(=O)[C@H](C)NC(=O)CCC(=O)N2CCCCCCn3cc(c4cc(F)ccc43)C[C@@H]3NC(=O)[C@H](Cc4cccc(c4)CNC(=O)CO[C@H]4CCN(C3=O)C4C(=O)N[C@@H]([C@@H](C)O)C(=O)N[C@@H](Cc3ccc(OC)cc3)C(=O)N3CCC[C@@]3(C)C(=O)NCCc3ccc(cc3)C2)NC1=O. The number of unbranched alkanes of at least 4 members (excludes halogenated alkanes) is 2. The Hall–Kier alpha value is -10.3. The van der Waals surface area contributed by atoms with Gasteiger partial charge in [-0.3, -0.25) is 57.5 Å². The lowest BCUT2D eigenvalue weighted by atomic mass is 9.95. The van der Waals surface area contributed by atoms with Crippen molar-refractivity contribution < 1.29 is 76.5 Å². The number of hydrogen-bond donors (Lipinski definition) is 11. The van der Waals surface area contributed by atoms with E-state index in [2.05, 4.69) is 53.2 Å². The third-order valence-electron chi connectivity index (χ3n) is 21.3. The van der Waals surface area contributed by atoms with Crippen molar-refractivity contribution in [2.24, 2.45) is 0 Å². The molecule has 6 aliphatic heterocycles. The van der Waals surface area contributed by atoms with Gasteiger partial charge in [-0.05, 0) is 149 Å². The van der Waals surface area contributed by atoms with Crippen LogP contribution in [0, 0.1) is 5.82 Å². The fourth-order valence-electron chi connectivity index (χ4n) is 15.0. The second-order valence-corrected chi connectivity index (χ2v) is 29.6. The first-order valence-electron chi connectivity index (χ1n) is 38.4. The summed E-state index contributed by atoms with van der Waals surface area (Å²) in [7, 11) is 3.31. The van der Waals surface area contributed by atoms with Crippen LogP contribution in [0.4, 0.5) is 4.39 Å². The van der Waals surface area contributed by atoms with Crippen molar-refractivity contribution in [1.29, 1.82) is 0 Å². The number of methoxy groups -OCH3 is 1. The molecule has 0 saturated carbocycles. The molecule has 0 aliphatic carbocycles. The zero-order valence-electron chi connectivity index (χ0n) is 63.4. The number of carbonyl (C=O) groups excluding carboxylic acids is 12. The highest BCUT2D eigenvalue weighted by molar-refractivity contribution is 6.00. The van der Waals surface area contributed by atoms with Crippen LogP contribution in [-0.4, -0.2) is 215 Å². The van der Waals surface area contributed by atoms with Crippen molar-refractivity contribution in [1.82, 2.24) is 72.4 Å². The van der Waals surface area contributed by atoms with Gasteiger partial charge in [0, 0.05) is 108 Å². The van der Waals surface area contributed by atoms with E-state index in [4.69, 9.17) is 9.47 Å². The van der Waals surface area contributed by atoms with Crippen LogP contribution >= 0.6 is 0 Å². The lowest BCUT2D eigenvalue weighted by Crippen LogP contribution is -2.64. The smallest absolute Gasteiger partial charge is 0.246 e. The number of ether oxygens (including phenoxy) is 2. The van der Waals surface area contributed by atoms with Gasteiger partial charge in [-0.15, -0.1) is 0 Å². The summed E-state index contributed by atoms with van der Waals surface area (Å²) < 4.78 is 29.4. The Labute approximate surface area is 639 Å². The number of benzene rings is 4. The van der Waals surface area contributed by atoms with E-state index < -0.39 is 144 Å². The van der Waals surface area contributed by atoms with Gasteiger partial charge in [0.05, 0.1) is 19.3 Å². The zero-order valence-corrected chi connectivity index (χ0v) is 63.4. The molecule has 10 atom stereocenters. The van der Waals surface area contributed by atoms with Gasteiger partial charge in [0.15, 0.2) is 0 Å². The quantitative estimate of drug-likeness (QED) is 0.0797. The Morgan fingerprint density at radius 1 is 0.691 bits per heavy atom. The number of hydrogen-bond acceptors (Lipinski definition) is 16. The lowest BCUT2D eigenvalue weighted by Gasteiger charge is -2.37. The molecule has 30 heteroatoms. The summed E-state index contributed by atoms with van der Waals surface area (Å²) in [5, 5.41) is 40.1. The number of aliphatic hydroxyl groups is 1. The molecule has 0 spiro atoms. The van der Waals surface area contributed by atoms with Crippen LogP contribution in [0.1, 0.15) is 138 Å². The van der Waals surface area contributed by atoms with Crippen molar-refractivity contribution in [2.75, 3.05) is 60.0 Å². The summed E-state index contributed by atoms with van der Waals surface area (Å²) in [6.07, 6.45) is 2.96. The van der Waals surface area contributed by atoms with Crippen molar-refractivity contribution in [2.45, 2.75) is 210 Å². The van der Waals surface area contributed by atoms with E-state index in [0.29, 0.717) is 103 Å². The van der Waals surface area contributed by atoms with Crippen molar-refractivity contribution in [3.05, 3.63) is 136 Å². The van der Waals surface area contributed by atoms with Crippen molar-refractivity contribution in [3.63, 3.8) is 0 Å². The first-order valence-corrected chi connectivity index (χ1v) is 38.4. The summed E-state index contributed by atoms with van der Waals surface area (Å²) in [6, 6.07) is 14.0. The maximum absolute atomic E-state index is 16.2. The van der Waals surface area contributed by atoms with Crippen LogP contribution in [0.25, 0.3) is 10.9 Å². The first-order chi connectivity index (χ1) is 52.9. The van der Waals surface area contributed by atoms with E-state index in [1.807, 2.05) is 35.9 Å². The van der Waals surface area contributed by atoms with E-state index in [-0.39, 0.29) is 90.0 Å². The van der Waals surface area contributed by atoms with E-state index in [1.165, 1.54) is 38.0 Å². The molecule has 11 N–H and O–H groups in total. The van der Waals surface area contributed by atoms with Crippen LogP contribution in [0.2, 0.25) is 0 Å². The summed E-state index contributed by atoms with van der Waals surface area (Å²) in [4.78, 5) is 182. The number of fused-ring (bicyclic) bond motifs is 16. The predicted molar refractivity (Wildman–Crippen MR) is 404 cm³/mol. The largest absolute Gasteiger partial charge is 0.497 e. The van der Waals surface area contributed by atoms with Gasteiger partial charge in [0.1, 0.15) is 66.0 Å². The Morgan fingerprint density at radius 3 is 2.18 bits per heavy atom. The fourth-order valence-corrected chi connectivity index (χ4v) is 15.0. The Morgan fingerprint density at radius 2 is 1.43 bits per heavy atom. The van der Waals surface area contributed by atoms with Gasteiger partial charge >= 0.3 is 0 Å². The standard InChI is InChI=1S/C80H105FN14O15/c1-49-72(101)90-63(45-85-66(97)17-9-8-10-33-82-4)74(103)87-60-41-54-15-13-16-55(39-54)44-84-68(99)48-110-65-31-38-94-71(65)76(105)91-70(50(2)96)75(104)89-61(40-52-22-25-58(109-5)26-23-52)78(107)95-37-14-32-80(95,3)79(108)83-34-30-51-18-20-53(21-19-51)46-93(69(100)29-28-67(98)86-49)36-12-7-6-11-35-92-47-56(42-62(77(94)106)88-73(60)102)59-43-57(81)24-27-64(59)92/h13,15-16,18-27,39,43,47,49-50,60-63,65,70-71,82,96H,6-12,14,17,28-38,40-42,44-46,48H2,1-5H3,(H,83,108)(H,84,99)(H,85,97)(H,86,98)(H,87,103)(H,88,102)(H,89,104)(H,90,101)(H,91,105)/t49-,50+,60-,61-,62-,63+,65-,70-,71?,80-/m0/s1. The molecule has 1 unspecified atom stereocenters. The average molecular weight is 1520 g/mol. The molecular weight excluding hydrogens is 1420 g/mol. The summed E-state index contributed by atoms with van der Waals surface area (Å²) in [6.45, 7) is 4.73. The second-order valence-electron chi connectivity index (χ2n) is 29.6. The van der Waals surface area contributed by atoms with Gasteiger partial charge in [-0.25, -0.2) is 4.39 Å². The average Bonchev–Trinajstić information content (AvgIpc) is 1.23. The zero-order chi connectivity index (χ0) is 78.6. The summed E-state index contributed by atoms with van der Waals surface area (Å²) >= 11 is 0. The molecule has 592 valence electrons. The molecular formula is C80H105FN14O15. The van der Waals surface area contributed by atoms with Crippen LogP contribution in [0.5, 0.6) is 5.75 Å². The minimum atomic E-state index is -1.85. The number of carbonyl (C=O) groups is 12. The molecule has 12 bridgehead atoms. The minimum absolute atomic E-state index is 0.0709. The lowest BCUT2D eigenvalue weighted by molar-refractivity contribution is -0.148. The molecule has 5 aromatic rings. The van der Waals surface area contributed by atoms with Crippen molar-refractivity contribution in [3.8, 4) is 5.75 Å². The Kier molecular flexibility index (Phi) is 29.0. The van der Waals surface area contributed by atoms with Crippen LogP contribution in [0.3, 0.4) is 0 Å². The first kappa shape index (κ1) is 82.2.